The van der Waals surface area contributed by atoms with Gasteiger partial charge in [-0.05, 0) is 36.4 Å². The maximum Gasteiger partial charge on any atom is 0.416 e. The highest BCUT2D eigenvalue weighted by atomic mass is 35.5. The summed E-state index contributed by atoms with van der Waals surface area (Å²) < 4.78 is 38.3. The van der Waals surface area contributed by atoms with E-state index in [0.29, 0.717) is 11.4 Å². The Morgan fingerprint density at radius 1 is 0.903 bits per heavy atom. The molecule has 1 heterocycles. The topological polar surface area (TPSA) is 66.9 Å². The third-order valence-electron chi connectivity index (χ3n) is 4.48. The van der Waals surface area contributed by atoms with E-state index in [1.807, 2.05) is 30.3 Å². The first kappa shape index (κ1) is 20.6. The molecule has 4 rings (SSSR count). The van der Waals surface area contributed by atoms with E-state index in [4.69, 9.17) is 11.6 Å². The van der Waals surface area contributed by atoms with Crippen molar-refractivity contribution in [1.82, 2.24) is 9.97 Å². The molecular weight excluding hydrogens is 429 g/mol. The van der Waals surface area contributed by atoms with Crippen molar-refractivity contribution in [1.29, 1.82) is 0 Å². The number of benzene rings is 3. The molecule has 0 atom stereocenters. The molecule has 156 valence electrons. The first-order chi connectivity index (χ1) is 14.8. The van der Waals surface area contributed by atoms with Gasteiger partial charge in [0.2, 0.25) is 0 Å². The van der Waals surface area contributed by atoms with Gasteiger partial charge in [0.05, 0.1) is 27.5 Å². The Balaban J connectivity index is 1.54. The van der Waals surface area contributed by atoms with Crippen LogP contribution in [0.4, 0.5) is 29.3 Å². The number of aromatic nitrogens is 2. The molecular formula is C22H14ClF3N4O. The Morgan fingerprint density at radius 2 is 1.71 bits per heavy atom. The smallest absolute Gasteiger partial charge is 0.308 e. The number of anilines is 2. The minimum absolute atomic E-state index is 0.0603. The van der Waals surface area contributed by atoms with Gasteiger partial charge < -0.3 is 10.6 Å². The Labute approximate surface area is 179 Å². The number of hydrogen-bond acceptors (Lipinski definition) is 3. The van der Waals surface area contributed by atoms with Crippen LogP contribution < -0.4 is 10.6 Å². The highest BCUT2D eigenvalue weighted by molar-refractivity contribution is 6.33. The van der Waals surface area contributed by atoms with Crippen molar-refractivity contribution in [3.8, 4) is 11.3 Å². The van der Waals surface area contributed by atoms with Crippen molar-refractivity contribution in [2.75, 3.05) is 10.6 Å². The fourth-order valence-electron chi connectivity index (χ4n) is 3.06. The Bertz CT molecular complexity index is 1270. The lowest BCUT2D eigenvalue weighted by Gasteiger charge is -2.12. The second kappa shape index (κ2) is 8.23. The molecule has 0 aliphatic carbocycles. The zero-order valence-corrected chi connectivity index (χ0v) is 16.5. The van der Waals surface area contributed by atoms with Gasteiger partial charge in [-0.2, -0.15) is 13.2 Å². The number of amides is 2. The third kappa shape index (κ3) is 4.59. The largest absolute Gasteiger partial charge is 0.416 e. The number of carbonyl (C=O) groups is 1. The molecule has 4 aromatic rings. The summed E-state index contributed by atoms with van der Waals surface area (Å²) in [5.41, 5.74) is 1.91. The van der Waals surface area contributed by atoms with Crippen molar-refractivity contribution in [3.05, 3.63) is 83.6 Å². The summed E-state index contributed by atoms with van der Waals surface area (Å²) in [6, 6.07) is 16.7. The first-order valence-electron chi connectivity index (χ1n) is 9.06. The van der Waals surface area contributed by atoms with Crippen LogP contribution in [-0.2, 0) is 6.18 Å². The molecule has 0 saturated heterocycles. The van der Waals surface area contributed by atoms with Gasteiger partial charge in [-0.1, -0.05) is 41.9 Å². The number of fused-ring (bicyclic) bond motifs is 1. The average Bonchev–Trinajstić information content (AvgIpc) is 2.74. The normalized spacial score (nSPS) is 11.4. The van der Waals surface area contributed by atoms with E-state index < -0.39 is 17.8 Å². The second-order valence-corrected chi connectivity index (χ2v) is 7.00. The number of halogens is 4. The van der Waals surface area contributed by atoms with Gasteiger partial charge >= 0.3 is 12.2 Å². The molecule has 31 heavy (non-hydrogen) atoms. The SMILES string of the molecule is O=C(Nc1cccc(-c2ncnc3ccccc23)c1)Nc1ccc(C(F)(F)F)cc1Cl. The molecule has 0 unspecified atom stereocenters. The fraction of sp³-hybridized carbons (Fsp3) is 0.0455. The predicted molar refractivity (Wildman–Crippen MR) is 114 cm³/mol. The molecule has 1 aromatic heterocycles. The fourth-order valence-corrected chi connectivity index (χ4v) is 3.28. The summed E-state index contributed by atoms with van der Waals surface area (Å²) in [4.78, 5) is 20.9. The number of para-hydroxylation sites is 1. The summed E-state index contributed by atoms with van der Waals surface area (Å²) in [5, 5.41) is 5.75. The zero-order chi connectivity index (χ0) is 22.0. The van der Waals surface area contributed by atoms with Crippen LogP contribution in [0.3, 0.4) is 0 Å². The molecule has 0 aliphatic heterocycles. The van der Waals surface area contributed by atoms with E-state index in [0.717, 1.165) is 34.7 Å². The maximum absolute atomic E-state index is 12.8. The van der Waals surface area contributed by atoms with Crippen molar-refractivity contribution in [2.45, 2.75) is 6.18 Å². The lowest BCUT2D eigenvalue weighted by molar-refractivity contribution is -0.137. The average molecular weight is 443 g/mol. The highest BCUT2D eigenvalue weighted by Crippen LogP contribution is 2.34. The first-order valence-corrected chi connectivity index (χ1v) is 9.44. The van der Waals surface area contributed by atoms with Crippen LogP contribution in [0.5, 0.6) is 0 Å². The van der Waals surface area contributed by atoms with Crippen LogP contribution >= 0.6 is 11.6 Å². The zero-order valence-electron chi connectivity index (χ0n) is 15.7. The number of carbonyl (C=O) groups excluding carboxylic acids is 1. The molecule has 0 fully saturated rings. The van der Waals surface area contributed by atoms with E-state index in [1.54, 1.807) is 18.2 Å². The van der Waals surface area contributed by atoms with Gasteiger partial charge in [-0.15, -0.1) is 0 Å². The van der Waals surface area contributed by atoms with Crippen LogP contribution in [0.1, 0.15) is 5.56 Å². The van der Waals surface area contributed by atoms with Gasteiger partial charge in [0.1, 0.15) is 6.33 Å². The summed E-state index contributed by atoms with van der Waals surface area (Å²) >= 11 is 5.89. The molecule has 3 aromatic carbocycles. The van der Waals surface area contributed by atoms with Crippen LogP contribution in [0.25, 0.3) is 22.2 Å². The Hall–Kier alpha value is -3.65. The van der Waals surface area contributed by atoms with Crippen molar-refractivity contribution in [3.63, 3.8) is 0 Å². The quantitative estimate of drug-likeness (QED) is 0.375. The Morgan fingerprint density at radius 3 is 2.48 bits per heavy atom. The molecule has 2 N–H and O–H groups in total. The van der Waals surface area contributed by atoms with Crippen molar-refractivity contribution >= 4 is 39.9 Å². The van der Waals surface area contributed by atoms with E-state index in [1.165, 1.54) is 6.33 Å². The number of alkyl halides is 3. The third-order valence-corrected chi connectivity index (χ3v) is 4.79. The lowest BCUT2D eigenvalue weighted by Crippen LogP contribution is -2.19. The Kier molecular flexibility index (Phi) is 5.48. The van der Waals surface area contributed by atoms with E-state index in [-0.39, 0.29) is 10.7 Å². The predicted octanol–water partition coefficient (Wildman–Crippen LogP) is 6.61. The van der Waals surface area contributed by atoms with E-state index in [9.17, 15) is 18.0 Å². The standard InChI is InChI=1S/C22H14ClF3N4O/c23-17-11-14(22(24,25)26)8-9-19(17)30-21(31)29-15-5-3-4-13(10-15)20-16-6-1-2-7-18(16)27-12-28-20/h1-12H,(H2,29,30,31). The molecule has 0 bridgehead atoms. The number of hydrogen-bond donors (Lipinski definition) is 2. The molecule has 2 amide bonds. The lowest BCUT2D eigenvalue weighted by atomic mass is 10.1. The van der Waals surface area contributed by atoms with Gasteiger partial charge in [-0.3, -0.25) is 0 Å². The van der Waals surface area contributed by atoms with E-state index >= 15 is 0 Å². The molecule has 0 aliphatic rings. The molecule has 5 nitrogen and oxygen atoms in total. The number of nitrogens with one attached hydrogen (secondary N) is 2. The van der Waals surface area contributed by atoms with Gasteiger partial charge in [0.25, 0.3) is 0 Å². The van der Waals surface area contributed by atoms with Crippen molar-refractivity contribution < 1.29 is 18.0 Å². The van der Waals surface area contributed by atoms with Crippen LogP contribution in [0.15, 0.2) is 73.1 Å². The highest BCUT2D eigenvalue weighted by Gasteiger charge is 2.31. The minimum atomic E-state index is -4.52. The van der Waals surface area contributed by atoms with Crippen LogP contribution in [-0.4, -0.2) is 16.0 Å². The van der Waals surface area contributed by atoms with Crippen molar-refractivity contribution in [2.24, 2.45) is 0 Å². The van der Waals surface area contributed by atoms with Crippen LogP contribution in [0, 0.1) is 0 Å². The number of rotatable bonds is 3. The number of nitrogens with zero attached hydrogens (tertiary/aromatic N) is 2. The molecule has 0 radical (unpaired) electrons. The minimum Gasteiger partial charge on any atom is -0.308 e. The monoisotopic (exact) mass is 442 g/mol. The van der Waals surface area contributed by atoms with Crippen LogP contribution in [0.2, 0.25) is 5.02 Å². The van der Waals surface area contributed by atoms with E-state index in [2.05, 4.69) is 20.6 Å². The summed E-state index contributed by atoms with van der Waals surface area (Å²) in [6.07, 6.45) is -3.05. The maximum atomic E-state index is 12.8. The number of urea groups is 1. The van der Waals surface area contributed by atoms with Gasteiger partial charge in [-0.25, -0.2) is 14.8 Å². The molecule has 0 saturated carbocycles. The van der Waals surface area contributed by atoms with Gasteiger partial charge in [0.15, 0.2) is 0 Å². The summed E-state index contributed by atoms with van der Waals surface area (Å²) in [7, 11) is 0. The summed E-state index contributed by atoms with van der Waals surface area (Å²) in [6.45, 7) is 0. The molecule has 0 spiro atoms. The van der Waals surface area contributed by atoms with Gasteiger partial charge in [0, 0.05) is 16.6 Å². The summed E-state index contributed by atoms with van der Waals surface area (Å²) in [5.74, 6) is 0. The second-order valence-electron chi connectivity index (χ2n) is 6.59. The molecule has 9 heteroatoms.